The smallest absolute Gasteiger partial charge is 0.481 e. The summed E-state index contributed by atoms with van der Waals surface area (Å²) in [4.78, 5) is 13.9. The second-order valence-corrected chi connectivity index (χ2v) is 8.23. The van der Waals surface area contributed by atoms with Gasteiger partial charge < -0.3 is 18.7 Å². The maximum absolute atomic E-state index is 13.3. The quantitative estimate of drug-likeness (QED) is 0.288. The molecule has 1 aromatic carbocycles. The van der Waals surface area contributed by atoms with Gasteiger partial charge in [-0.1, -0.05) is 17.3 Å². The van der Waals surface area contributed by atoms with E-state index < -0.39 is 6.36 Å². The molecule has 0 aliphatic heterocycles. The number of nitrogens with zero attached hydrogens (tertiary/aromatic N) is 5. The Hall–Kier alpha value is -4.19. The molecule has 0 atom stereocenters. The molecule has 5 rings (SSSR count). The number of benzene rings is 1. The zero-order valence-corrected chi connectivity index (χ0v) is 20.4. The first-order valence-electron chi connectivity index (χ1n) is 11.2. The van der Waals surface area contributed by atoms with E-state index in [4.69, 9.17) is 19.0 Å². The van der Waals surface area contributed by atoms with Crippen LogP contribution in [-0.2, 0) is 11.2 Å². The number of pyridine rings is 2. The SMILES string of the molecule is COCCc1nc2cnc3cc(-c4c(C)noc4C)c(OC)nc3c2n1-c1ccccc1OC(F)(F)F. The number of para-hydroxylation sites is 2. The maximum Gasteiger partial charge on any atom is 0.573 e. The van der Waals surface area contributed by atoms with Crippen molar-refractivity contribution < 1.29 is 31.9 Å². The van der Waals surface area contributed by atoms with Crippen LogP contribution in [0.5, 0.6) is 11.6 Å². The number of hydrogen-bond acceptors (Lipinski definition) is 8. The van der Waals surface area contributed by atoms with Crippen LogP contribution in [0, 0.1) is 13.8 Å². The standard InChI is InChI=1S/C25H22F3N5O4/c1-13-21(14(2)37-32-13)15-11-16-22(31-24(15)35-4)23-17(12-29-16)30-20(9-10-34-3)33(23)18-7-5-6-8-19(18)36-25(26,27)28/h5-8,11-12H,9-10H2,1-4H3. The van der Waals surface area contributed by atoms with E-state index in [-0.39, 0.29) is 17.3 Å². The first-order chi connectivity index (χ1) is 17.7. The summed E-state index contributed by atoms with van der Waals surface area (Å²) in [5.41, 5.74) is 3.94. The largest absolute Gasteiger partial charge is 0.573 e. The molecule has 12 heteroatoms. The topological polar surface area (TPSA) is 97.3 Å². The van der Waals surface area contributed by atoms with Crippen molar-refractivity contribution in [1.82, 2.24) is 24.7 Å². The van der Waals surface area contributed by atoms with E-state index in [0.29, 0.717) is 57.9 Å². The van der Waals surface area contributed by atoms with Gasteiger partial charge in [0.1, 0.15) is 28.1 Å². The van der Waals surface area contributed by atoms with Gasteiger partial charge in [0.05, 0.1) is 47.9 Å². The number of methoxy groups -OCH3 is 2. The minimum atomic E-state index is -4.88. The van der Waals surface area contributed by atoms with Crippen LogP contribution in [0.1, 0.15) is 17.3 Å². The highest BCUT2D eigenvalue weighted by atomic mass is 19.4. The minimum Gasteiger partial charge on any atom is -0.481 e. The van der Waals surface area contributed by atoms with E-state index >= 15 is 0 Å². The van der Waals surface area contributed by atoms with Crippen LogP contribution in [0.3, 0.4) is 0 Å². The van der Waals surface area contributed by atoms with Crippen LogP contribution in [0.2, 0.25) is 0 Å². The molecule has 0 fully saturated rings. The number of rotatable bonds is 7. The molecule has 9 nitrogen and oxygen atoms in total. The average molecular weight is 513 g/mol. The molecule has 0 aliphatic rings. The molecule has 0 aliphatic carbocycles. The summed E-state index contributed by atoms with van der Waals surface area (Å²) in [7, 11) is 3.02. The predicted octanol–water partition coefficient (Wildman–Crippen LogP) is 5.34. The molecule has 0 spiro atoms. The van der Waals surface area contributed by atoms with Gasteiger partial charge in [-0.05, 0) is 32.0 Å². The Labute approximate surface area is 208 Å². The molecule has 5 aromatic rings. The lowest BCUT2D eigenvalue weighted by atomic mass is 10.0. The summed E-state index contributed by atoms with van der Waals surface area (Å²) in [6.07, 6.45) is -3.00. The van der Waals surface area contributed by atoms with Crippen molar-refractivity contribution >= 4 is 22.1 Å². The number of ether oxygens (including phenoxy) is 3. The van der Waals surface area contributed by atoms with Crippen molar-refractivity contribution in [3.05, 3.63) is 53.8 Å². The fourth-order valence-corrected chi connectivity index (χ4v) is 4.37. The highest BCUT2D eigenvalue weighted by molar-refractivity contribution is 6.02. The number of fused-ring (bicyclic) bond motifs is 3. The van der Waals surface area contributed by atoms with Crippen LogP contribution >= 0.6 is 0 Å². The number of halogens is 3. The molecule has 4 heterocycles. The Kier molecular flexibility index (Phi) is 6.20. The van der Waals surface area contributed by atoms with Gasteiger partial charge in [0.2, 0.25) is 5.88 Å². The lowest BCUT2D eigenvalue weighted by Gasteiger charge is -2.17. The summed E-state index contributed by atoms with van der Waals surface area (Å²) < 4.78 is 61.9. The normalized spacial score (nSPS) is 12.0. The van der Waals surface area contributed by atoms with Gasteiger partial charge in [-0.3, -0.25) is 9.55 Å². The van der Waals surface area contributed by atoms with Crippen LogP contribution in [0.15, 0.2) is 41.1 Å². The average Bonchev–Trinajstić information content (AvgIpc) is 3.40. The Balaban J connectivity index is 1.84. The third kappa shape index (κ3) is 4.44. The Morgan fingerprint density at radius 2 is 1.84 bits per heavy atom. The second kappa shape index (κ2) is 9.36. The number of hydrogen-bond donors (Lipinski definition) is 0. The molecular formula is C25H22F3N5O4. The van der Waals surface area contributed by atoms with Gasteiger partial charge in [0.25, 0.3) is 0 Å². The molecule has 0 radical (unpaired) electrons. The van der Waals surface area contributed by atoms with Crippen LogP contribution in [0.25, 0.3) is 38.9 Å². The van der Waals surface area contributed by atoms with Gasteiger partial charge in [0, 0.05) is 13.5 Å². The number of imidazole rings is 1. The molecule has 37 heavy (non-hydrogen) atoms. The monoisotopic (exact) mass is 513 g/mol. The Morgan fingerprint density at radius 1 is 1.05 bits per heavy atom. The third-order valence-electron chi connectivity index (χ3n) is 5.85. The van der Waals surface area contributed by atoms with E-state index in [1.54, 1.807) is 36.7 Å². The van der Waals surface area contributed by atoms with Gasteiger partial charge in [0.15, 0.2) is 5.75 Å². The van der Waals surface area contributed by atoms with Crippen molar-refractivity contribution in [1.29, 1.82) is 0 Å². The van der Waals surface area contributed by atoms with Gasteiger partial charge in [-0.2, -0.15) is 0 Å². The first kappa shape index (κ1) is 24.5. The molecule has 0 bridgehead atoms. The molecular weight excluding hydrogens is 491 g/mol. The van der Waals surface area contributed by atoms with E-state index in [2.05, 4.69) is 19.9 Å². The number of alkyl halides is 3. The highest BCUT2D eigenvalue weighted by Gasteiger charge is 2.33. The molecule has 0 saturated carbocycles. The zero-order chi connectivity index (χ0) is 26.3. The summed E-state index contributed by atoms with van der Waals surface area (Å²) in [5.74, 6) is 0.947. The molecule has 4 aromatic heterocycles. The van der Waals surface area contributed by atoms with Crippen LogP contribution in [0.4, 0.5) is 13.2 Å². The number of aryl methyl sites for hydroxylation is 2. The van der Waals surface area contributed by atoms with Crippen LogP contribution < -0.4 is 9.47 Å². The van der Waals surface area contributed by atoms with E-state index in [1.807, 2.05) is 0 Å². The zero-order valence-electron chi connectivity index (χ0n) is 20.4. The summed E-state index contributed by atoms with van der Waals surface area (Å²) in [6.45, 7) is 3.88. The lowest BCUT2D eigenvalue weighted by molar-refractivity contribution is -0.274. The van der Waals surface area contributed by atoms with Crippen molar-refractivity contribution in [3.8, 4) is 28.4 Å². The minimum absolute atomic E-state index is 0.150. The van der Waals surface area contributed by atoms with Gasteiger partial charge >= 0.3 is 6.36 Å². The summed E-state index contributed by atoms with van der Waals surface area (Å²) in [6, 6.07) is 7.66. The third-order valence-corrected chi connectivity index (χ3v) is 5.85. The highest BCUT2D eigenvalue weighted by Crippen LogP contribution is 2.38. The van der Waals surface area contributed by atoms with Crippen molar-refractivity contribution in [2.75, 3.05) is 20.8 Å². The maximum atomic E-state index is 13.3. The molecule has 0 saturated heterocycles. The molecule has 0 unspecified atom stereocenters. The van der Waals surface area contributed by atoms with E-state index in [9.17, 15) is 13.2 Å². The lowest BCUT2D eigenvalue weighted by Crippen LogP contribution is -2.18. The van der Waals surface area contributed by atoms with Crippen molar-refractivity contribution in [2.24, 2.45) is 0 Å². The second-order valence-electron chi connectivity index (χ2n) is 8.23. The Morgan fingerprint density at radius 3 is 2.51 bits per heavy atom. The van der Waals surface area contributed by atoms with Gasteiger partial charge in [-0.15, -0.1) is 13.2 Å². The van der Waals surface area contributed by atoms with E-state index in [1.165, 1.54) is 32.4 Å². The summed E-state index contributed by atoms with van der Waals surface area (Å²) >= 11 is 0. The van der Waals surface area contributed by atoms with Crippen molar-refractivity contribution in [2.45, 2.75) is 26.6 Å². The predicted molar refractivity (Wildman–Crippen MR) is 128 cm³/mol. The van der Waals surface area contributed by atoms with Gasteiger partial charge in [-0.25, -0.2) is 9.97 Å². The molecule has 0 N–H and O–H groups in total. The summed E-state index contributed by atoms with van der Waals surface area (Å²) in [5, 5.41) is 4.01. The fraction of sp³-hybridized carbons (Fsp3) is 0.280. The molecule has 192 valence electrons. The van der Waals surface area contributed by atoms with E-state index in [0.717, 1.165) is 5.56 Å². The fourth-order valence-electron chi connectivity index (χ4n) is 4.37. The van der Waals surface area contributed by atoms with Crippen LogP contribution in [-0.4, -0.2) is 51.9 Å². The van der Waals surface area contributed by atoms with Crippen molar-refractivity contribution in [3.63, 3.8) is 0 Å². The molecule has 0 amide bonds. The first-order valence-corrected chi connectivity index (χ1v) is 11.2. The number of aromatic nitrogens is 5. The Bertz CT molecular complexity index is 1590.